The lowest BCUT2D eigenvalue weighted by atomic mass is 9.81. The lowest BCUT2D eigenvalue weighted by Gasteiger charge is -2.24. The summed E-state index contributed by atoms with van der Waals surface area (Å²) in [7, 11) is 0. The fourth-order valence-corrected chi connectivity index (χ4v) is 4.44. The van der Waals surface area contributed by atoms with Crippen LogP contribution in [0.3, 0.4) is 0 Å². The zero-order chi connectivity index (χ0) is 19.8. The average molecular weight is 364 g/mol. The molecule has 2 aromatic rings. The van der Waals surface area contributed by atoms with Gasteiger partial charge in [0.25, 0.3) is 0 Å². The van der Waals surface area contributed by atoms with Crippen LogP contribution < -0.4 is 5.32 Å². The summed E-state index contributed by atoms with van der Waals surface area (Å²) in [5, 5.41) is 3.59. The van der Waals surface area contributed by atoms with Crippen molar-refractivity contribution in [2.75, 3.05) is 11.9 Å². The summed E-state index contributed by atoms with van der Waals surface area (Å²) < 4.78 is 0. The fraction of sp³-hybridized carbons (Fsp3) is 0.538. The van der Waals surface area contributed by atoms with Gasteiger partial charge in [0.15, 0.2) is 0 Å². The van der Waals surface area contributed by atoms with Gasteiger partial charge in [-0.2, -0.15) is 0 Å². The van der Waals surface area contributed by atoms with E-state index < -0.39 is 0 Å². The minimum absolute atomic E-state index is 0.221. The Morgan fingerprint density at radius 3 is 2.33 bits per heavy atom. The van der Waals surface area contributed by atoms with E-state index in [1.165, 1.54) is 40.8 Å². The Hall–Kier alpha value is -1.76. The van der Waals surface area contributed by atoms with E-state index in [0.717, 1.165) is 24.3 Å². The van der Waals surface area contributed by atoms with Crippen molar-refractivity contribution < 1.29 is 0 Å². The maximum atomic E-state index is 3.59. The third-order valence-corrected chi connectivity index (χ3v) is 6.48. The molecule has 1 N–H and O–H groups in total. The minimum Gasteiger partial charge on any atom is -0.385 e. The van der Waals surface area contributed by atoms with Crippen molar-refractivity contribution in [3.8, 4) is 0 Å². The predicted molar refractivity (Wildman–Crippen MR) is 119 cm³/mol. The van der Waals surface area contributed by atoms with E-state index in [4.69, 9.17) is 0 Å². The van der Waals surface area contributed by atoms with Crippen molar-refractivity contribution in [1.82, 2.24) is 0 Å². The van der Waals surface area contributed by atoms with Crippen molar-refractivity contribution >= 4 is 5.69 Å². The molecule has 1 fully saturated rings. The normalized spacial score (nSPS) is 20.4. The molecule has 27 heavy (non-hydrogen) atoms. The average Bonchev–Trinajstić information content (AvgIpc) is 3.38. The molecular formula is C26H37N. The van der Waals surface area contributed by atoms with Gasteiger partial charge < -0.3 is 5.32 Å². The standard InChI is InChI=1S/C26H37N/c1-17-8-10-22(11-9-17)27-13-12-18(2)23-16-24(23)21-14-19(3)20(4)25(15-21)26(5,6)7/h8-11,14-15,18,23-24,27H,12-13,16H2,1-7H3. The Balaban J connectivity index is 1.58. The highest BCUT2D eigenvalue weighted by Gasteiger charge is 2.42. The maximum absolute atomic E-state index is 3.59. The van der Waals surface area contributed by atoms with Crippen LogP contribution in [0.5, 0.6) is 0 Å². The van der Waals surface area contributed by atoms with Crippen LogP contribution in [0.25, 0.3) is 0 Å². The highest BCUT2D eigenvalue weighted by molar-refractivity contribution is 5.45. The zero-order valence-electron chi connectivity index (χ0n) is 18.3. The van der Waals surface area contributed by atoms with Gasteiger partial charge in [-0.3, -0.25) is 0 Å². The van der Waals surface area contributed by atoms with Crippen LogP contribution in [0, 0.1) is 32.6 Å². The second-order valence-electron chi connectivity index (χ2n) is 9.83. The first-order chi connectivity index (χ1) is 12.7. The molecule has 0 aliphatic heterocycles. The van der Waals surface area contributed by atoms with E-state index in [1.807, 2.05) is 0 Å². The van der Waals surface area contributed by atoms with Gasteiger partial charge in [0.05, 0.1) is 0 Å². The van der Waals surface area contributed by atoms with Gasteiger partial charge in [-0.1, -0.05) is 57.5 Å². The molecule has 1 aliphatic carbocycles. The number of nitrogens with one attached hydrogen (secondary N) is 1. The van der Waals surface area contributed by atoms with Crippen LogP contribution in [0.2, 0.25) is 0 Å². The lowest BCUT2D eigenvalue weighted by Crippen LogP contribution is -2.14. The topological polar surface area (TPSA) is 12.0 Å². The molecule has 0 saturated heterocycles. The molecular weight excluding hydrogens is 326 g/mol. The van der Waals surface area contributed by atoms with Crippen LogP contribution in [0.1, 0.15) is 74.3 Å². The first-order valence-corrected chi connectivity index (χ1v) is 10.6. The fourth-order valence-electron chi connectivity index (χ4n) is 4.44. The summed E-state index contributed by atoms with van der Waals surface area (Å²) in [6, 6.07) is 13.7. The highest BCUT2D eigenvalue weighted by atomic mass is 14.9. The molecule has 1 aliphatic rings. The quantitative estimate of drug-likeness (QED) is 0.574. The van der Waals surface area contributed by atoms with Gasteiger partial charge >= 0.3 is 0 Å². The first kappa shape index (κ1) is 20.0. The number of hydrogen-bond acceptors (Lipinski definition) is 1. The highest BCUT2D eigenvalue weighted by Crippen LogP contribution is 2.53. The Kier molecular flexibility index (Phi) is 5.70. The van der Waals surface area contributed by atoms with Crippen LogP contribution in [0.15, 0.2) is 36.4 Å². The van der Waals surface area contributed by atoms with E-state index in [-0.39, 0.29) is 5.41 Å². The number of hydrogen-bond donors (Lipinski definition) is 1. The van der Waals surface area contributed by atoms with E-state index >= 15 is 0 Å². The van der Waals surface area contributed by atoms with Gasteiger partial charge in [-0.15, -0.1) is 0 Å². The Morgan fingerprint density at radius 1 is 1.04 bits per heavy atom. The Bertz CT molecular complexity index is 779. The summed E-state index contributed by atoms with van der Waals surface area (Å²) in [6.45, 7) is 17.2. The smallest absolute Gasteiger partial charge is 0.0340 e. The minimum atomic E-state index is 0.221. The van der Waals surface area contributed by atoms with Crippen molar-refractivity contribution in [2.24, 2.45) is 11.8 Å². The van der Waals surface area contributed by atoms with Gasteiger partial charge in [0, 0.05) is 12.2 Å². The summed E-state index contributed by atoms with van der Waals surface area (Å²) in [5.41, 5.74) is 8.80. The molecule has 3 atom stereocenters. The zero-order valence-corrected chi connectivity index (χ0v) is 18.3. The first-order valence-electron chi connectivity index (χ1n) is 10.6. The van der Waals surface area contributed by atoms with E-state index in [0.29, 0.717) is 0 Å². The number of aryl methyl sites for hydroxylation is 2. The van der Waals surface area contributed by atoms with Crippen molar-refractivity contribution in [2.45, 2.75) is 72.6 Å². The third kappa shape index (κ3) is 4.75. The number of anilines is 1. The van der Waals surface area contributed by atoms with Crippen molar-refractivity contribution in [1.29, 1.82) is 0 Å². The molecule has 0 bridgehead atoms. The molecule has 146 valence electrons. The van der Waals surface area contributed by atoms with Gasteiger partial charge in [0.2, 0.25) is 0 Å². The summed E-state index contributed by atoms with van der Waals surface area (Å²) in [4.78, 5) is 0. The molecule has 0 heterocycles. The van der Waals surface area contributed by atoms with Gasteiger partial charge in [-0.05, 0) is 91.2 Å². The van der Waals surface area contributed by atoms with Crippen molar-refractivity contribution in [3.63, 3.8) is 0 Å². The third-order valence-electron chi connectivity index (χ3n) is 6.48. The predicted octanol–water partition coefficient (Wildman–Crippen LogP) is 7.15. The van der Waals surface area contributed by atoms with Crippen LogP contribution in [-0.4, -0.2) is 6.54 Å². The molecule has 0 spiro atoms. The maximum Gasteiger partial charge on any atom is 0.0340 e. The van der Waals surface area contributed by atoms with E-state index in [1.54, 1.807) is 5.56 Å². The number of benzene rings is 2. The molecule has 2 aromatic carbocycles. The Morgan fingerprint density at radius 2 is 1.70 bits per heavy atom. The monoisotopic (exact) mass is 363 g/mol. The summed E-state index contributed by atoms with van der Waals surface area (Å²) >= 11 is 0. The van der Waals surface area contributed by atoms with Gasteiger partial charge in [-0.25, -0.2) is 0 Å². The molecule has 1 heteroatoms. The van der Waals surface area contributed by atoms with Crippen LogP contribution in [-0.2, 0) is 5.41 Å². The molecule has 0 radical (unpaired) electrons. The molecule has 0 amide bonds. The molecule has 3 unspecified atom stereocenters. The molecule has 1 saturated carbocycles. The SMILES string of the molecule is Cc1ccc(NCCC(C)C2CC2c2cc(C)c(C)c(C(C)(C)C)c2)cc1. The molecule has 1 nitrogen and oxygen atoms in total. The molecule has 0 aromatic heterocycles. The second kappa shape index (κ2) is 7.70. The largest absolute Gasteiger partial charge is 0.385 e. The lowest BCUT2D eigenvalue weighted by molar-refractivity contribution is 0.473. The van der Waals surface area contributed by atoms with E-state index in [2.05, 4.69) is 90.2 Å². The Labute approximate surface area is 166 Å². The summed E-state index contributed by atoms with van der Waals surface area (Å²) in [5.74, 6) is 2.38. The van der Waals surface area contributed by atoms with Crippen molar-refractivity contribution in [3.05, 3.63) is 64.2 Å². The van der Waals surface area contributed by atoms with Gasteiger partial charge in [0.1, 0.15) is 0 Å². The van der Waals surface area contributed by atoms with Crippen LogP contribution >= 0.6 is 0 Å². The van der Waals surface area contributed by atoms with Crippen LogP contribution in [0.4, 0.5) is 5.69 Å². The molecule has 3 rings (SSSR count). The van der Waals surface area contributed by atoms with E-state index in [9.17, 15) is 0 Å². The summed E-state index contributed by atoms with van der Waals surface area (Å²) in [6.07, 6.45) is 2.60. The second-order valence-corrected chi connectivity index (χ2v) is 9.83. The number of rotatable bonds is 6.